The van der Waals surface area contributed by atoms with Crippen molar-refractivity contribution in [2.45, 2.75) is 11.1 Å². The molecule has 20 heavy (non-hydrogen) atoms. The molecule has 2 aromatic rings. The van der Waals surface area contributed by atoms with Crippen LogP contribution >= 0.6 is 22.9 Å². The fourth-order valence-corrected chi connectivity index (χ4v) is 4.14. The predicted octanol–water partition coefficient (Wildman–Crippen LogP) is 2.50. The number of rotatable bonds is 4. The summed E-state index contributed by atoms with van der Waals surface area (Å²) in [5, 5.41) is 0.588. The Balaban J connectivity index is 2.43. The number of nitrogens with zero attached hydrogens (tertiary/aromatic N) is 1. The highest BCUT2D eigenvalue weighted by Crippen LogP contribution is 2.32. The minimum absolute atomic E-state index is 0.0667. The number of sulfonamides is 1. The fourth-order valence-electron chi connectivity index (χ4n) is 1.60. The Kier molecular flexibility index (Phi) is 4.07. The third-order valence-corrected chi connectivity index (χ3v) is 5.62. The van der Waals surface area contributed by atoms with E-state index >= 15 is 0 Å². The molecule has 0 saturated carbocycles. The Morgan fingerprint density at radius 3 is 2.70 bits per heavy atom. The predicted molar refractivity (Wildman–Crippen MR) is 80.1 cm³/mol. The van der Waals surface area contributed by atoms with Crippen molar-refractivity contribution in [1.29, 1.82) is 0 Å². The van der Waals surface area contributed by atoms with E-state index in [4.69, 9.17) is 22.1 Å². The summed E-state index contributed by atoms with van der Waals surface area (Å²) >= 11 is 6.76. The second-order valence-corrected chi connectivity index (χ2v) is 7.22. The smallest absolute Gasteiger partial charge is 0.273 e. The van der Waals surface area contributed by atoms with Crippen LogP contribution in [0.25, 0.3) is 0 Å². The van der Waals surface area contributed by atoms with E-state index in [2.05, 4.69) is 9.71 Å². The van der Waals surface area contributed by atoms with Gasteiger partial charge >= 0.3 is 0 Å². The van der Waals surface area contributed by atoms with Crippen LogP contribution in [0.1, 0.15) is 5.69 Å². The Morgan fingerprint density at radius 1 is 1.45 bits per heavy atom. The molecule has 9 heteroatoms. The molecule has 0 aliphatic heterocycles. The summed E-state index contributed by atoms with van der Waals surface area (Å²) in [6.45, 7) is 1.58. The summed E-state index contributed by atoms with van der Waals surface area (Å²) < 4.78 is 32.2. The number of aromatic nitrogens is 1. The number of benzene rings is 1. The van der Waals surface area contributed by atoms with Crippen LogP contribution < -0.4 is 15.2 Å². The van der Waals surface area contributed by atoms with Crippen molar-refractivity contribution in [2.24, 2.45) is 0 Å². The number of nitrogen functional groups attached to an aromatic ring is 1. The van der Waals surface area contributed by atoms with Gasteiger partial charge in [0.05, 0.1) is 18.5 Å². The first-order valence-electron chi connectivity index (χ1n) is 5.43. The van der Waals surface area contributed by atoms with Gasteiger partial charge in [0.15, 0.2) is 9.34 Å². The summed E-state index contributed by atoms with van der Waals surface area (Å²) in [5.74, 6) is 0.369. The number of hydrogen-bond donors (Lipinski definition) is 2. The number of nitrogens with two attached hydrogens (primary N) is 1. The lowest BCUT2D eigenvalue weighted by Crippen LogP contribution is -2.13. The van der Waals surface area contributed by atoms with Gasteiger partial charge in [-0.05, 0) is 25.1 Å². The zero-order chi connectivity index (χ0) is 14.9. The number of hydrogen-bond acceptors (Lipinski definition) is 6. The number of ether oxygens (including phenoxy) is 1. The summed E-state index contributed by atoms with van der Waals surface area (Å²) in [5.41, 5.74) is 6.12. The molecule has 3 N–H and O–H groups in total. The lowest BCUT2D eigenvalue weighted by molar-refractivity contribution is 0.417. The molecule has 108 valence electrons. The van der Waals surface area contributed by atoms with E-state index in [1.54, 1.807) is 19.1 Å². The fraction of sp³-hybridized carbons (Fsp3) is 0.182. The molecule has 6 nitrogen and oxygen atoms in total. The summed E-state index contributed by atoms with van der Waals surface area (Å²) in [7, 11) is -2.34. The monoisotopic (exact) mass is 333 g/mol. The van der Waals surface area contributed by atoms with E-state index in [-0.39, 0.29) is 15.0 Å². The van der Waals surface area contributed by atoms with E-state index < -0.39 is 10.0 Å². The molecule has 0 spiro atoms. The van der Waals surface area contributed by atoms with Crippen LogP contribution in [0.15, 0.2) is 22.4 Å². The Hall–Kier alpha value is -1.51. The number of thiazole rings is 1. The minimum atomic E-state index is -3.79. The standard InChI is InChI=1S/C11H12ClN3O3S2/c1-6-10(19-11(13)14-6)20(16,17)15-8-5-7(12)3-4-9(8)18-2/h3-5,15H,1-2H3,(H2,13,14). The van der Waals surface area contributed by atoms with Gasteiger partial charge in [0.25, 0.3) is 10.0 Å². The first kappa shape index (κ1) is 14.9. The van der Waals surface area contributed by atoms with Crippen LogP contribution in [-0.2, 0) is 10.0 Å². The molecule has 1 heterocycles. The maximum atomic E-state index is 12.3. The third-order valence-electron chi connectivity index (χ3n) is 2.42. The number of methoxy groups -OCH3 is 1. The normalized spacial score (nSPS) is 11.3. The molecule has 0 amide bonds. The van der Waals surface area contributed by atoms with Crippen LogP contribution in [0.5, 0.6) is 5.75 Å². The van der Waals surface area contributed by atoms with Gasteiger partial charge in [-0.15, -0.1) is 0 Å². The van der Waals surface area contributed by atoms with E-state index in [9.17, 15) is 8.42 Å². The highest BCUT2D eigenvalue weighted by molar-refractivity contribution is 7.94. The van der Waals surface area contributed by atoms with Crippen LogP contribution in [0, 0.1) is 6.92 Å². The highest BCUT2D eigenvalue weighted by Gasteiger charge is 2.22. The Labute approximate surface area is 125 Å². The van der Waals surface area contributed by atoms with Gasteiger partial charge in [0, 0.05) is 5.02 Å². The molecular formula is C11H12ClN3O3S2. The topological polar surface area (TPSA) is 94.3 Å². The minimum Gasteiger partial charge on any atom is -0.495 e. The molecule has 0 unspecified atom stereocenters. The summed E-state index contributed by atoms with van der Waals surface area (Å²) in [6.07, 6.45) is 0. The zero-order valence-corrected chi connectivity index (χ0v) is 13.1. The Morgan fingerprint density at radius 2 is 2.15 bits per heavy atom. The summed E-state index contributed by atoms with van der Waals surface area (Å²) in [6, 6.07) is 4.65. The average molecular weight is 334 g/mol. The first-order chi connectivity index (χ1) is 9.33. The molecule has 0 fully saturated rings. The van der Waals surface area contributed by atoms with Gasteiger partial charge in [-0.1, -0.05) is 22.9 Å². The van der Waals surface area contributed by atoms with Crippen molar-refractivity contribution in [1.82, 2.24) is 4.98 Å². The molecule has 0 aliphatic carbocycles. The van der Waals surface area contributed by atoms with Crippen molar-refractivity contribution in [3.63, 3.8) is 0 Å². The molecule has 2 rings (SSSR count). The molecular weight excluding hydrogens is 322 g/mol. The van der Waals surface area contributed by atoms with Crippen molar-refractivity contribution >= 4 is 43.8 Å². The second-order valence-electron chi connectivity index (χ2n) is 3.88. The Bertz CT molecular complexity index is 743. The molecule has 0 aliphatic rings. The molecule has 0 bridgehead atoms. The van der Waals surface area contributed by atoms with Crippen LogP contribution in [0.3, 0.4) is 0 Å². The number of halogens is 1. The number of aryl methyl sites for hydroxylation is 1. The molecule has 0 saturated heterocycles. The lowest BCUT2D eigenvalue weighted by Gasteiger charge is -2.11. The van der Waals surface area contributed by atoms with Gasteiger partial charge < -0.3 is 10.5 Å². The zero-order valence-electron chi connectivity index (χ0n) is 10.7. The maximum Gasteiger partial charge on any atom is 0.273 e. The molecule has 1 aromatic heterocycles. The van der Waals surface area contributed by atoms with Crippen LogP contribution in [-0.4, -0.2) is 20.5 Å². The van der Waals surface area contributed by atoms with Crippen molar-refractivity contribution < 1.29 is 13.2 Å². The van der Waals surface area contributed by atoms with E-state index in [1.807, 2.05) is 0 Å². The van der Waals surface area contributed by atoms with Crippen molar-refractivity contribution in [2.75, 3.05) is 17.6 Å². The van der Waals surface area contributed by atoms with Crippen molar-refractivity contribution in [3.05, 3.63) is 28.9 Å². The van der Waals surface area contributed by atoms with Gasteiger partial charge in [-0.3, -0.25) is 4.72 Å². The second kappa shape index (κ2) is 5.47. The largest absolute Gasteiger partial charge is 0.495 e. The van der Waals surface area contributed by atoms with Gasteiger partial charge in [-0.25, -0.2) is 13.4 Å². The maximum absolute atomic E-state index is 12.3. The molecule has 0 radical (unpaired) electrons. The molecule has 1 aromatic carbocycles. The third kappa shape index (κ3) is 2.97. The molecule has 0 atom stereocenters. The van der Waals surface area contributed by atoms with Gasteiger partial charge in [0.2, 0.25) is 0 Å². The number of nitrogens with one attached hydrogen (secondary N) is 1. The van der Waals surface area contributed by atoms with Gasteiger partial charge in [0.1, 0.15) is 5.75 Å². The SMILES string of the molecule is COc1ccc(Cl)cc1NS(=O)(=O)c1sc(N)nc1C. The average Bonchev–Trinajstić information content (AvgIpc) is 2.69. The van der Waals surface area contributed by atoms with Crippen LogP contribution in [0.4, 0.5) is 10.8 Å². The quantitative estimate of drug-likeness (QED) is 0.896. The van der Waals surface area contributed by atoms with E-state index in [1.165, 1.54) is 13.2 Å². The van der Waals surface area contributed by atoms with E-state index in [0.29, 0.717) is 16.5 Å². The van der Waals surface area contributed by atoms with Gasteiger partial charge in [-0.2, -0.15) is 0 Å². The highest BCUT2D eigenvalue weighted by atomic mass is 35.5. The summed E-state index contributed by atoms with van der Waals surface area (Å²) in [4.78, 5) is 3.90. The van der Waals surface area contributed by atoms with Crippen molar-refractivity contribution in [3.8, 4) is 5.75 Å². The lowest BCUT2D eigenvalue weighted by atomic mass is 10.3. The first-order valence-corrected chi connectivity index (χ1v) is 8.10. The van der Waals surface area contributed by atoms with Crippen LogP contribution in [0.2, 0.25) is 5.02 Å². The van der Waals surface area contributed by atoms with E-state index in [0.717, 1.165) is 11.3 Å². The number of anilines is 2.